The number of nitrogens with one attached hydrogen (secondary N) is 1. The van der Waals surface area contributed by atoms with E-state index in [1.807, 2.05) is 43.6 Å². The van der Waals surface area contributed by atoms with Crippen LogP contribution in [0.2, 0.25) is 0 Å². The maximum atomic E-state index is 5.69. The normalized spacial score (nSPS) is 10.0. The molecule has 3 heteroatoms. The lowest BCUT2D eigenvalue weighted by Crippen LogP contribution is -1.98. The quantitative estimate of drug-likeness (QED) is 0.873. The van der Waals surface area contributed by atoms with E-state index in [0.29, 0.717) is 6.61 Å². The van der Waals surface area contributed by atoms with Crippen LogP contribution in [0, 0.1) is 6.92 Å². The first-order valence-corrected chi connectivity index (χ1v) is 5.60. The highest BCUT2D eigenvalue weighted by Gasteiger charge is 1.97. The molecule has 0 fully saturated rings. The highest BCUT2D eigenvalue weighted by atomic mass is 16.5. The summed E-state index contributed by atoms with van der Waals surface area (Å²) in [5.41, 5.74) is 2.26. The fraction of sp³-hybridized carbons (Fsp3) is 0.214. The molecule has 88 valence electrons. The Morgan fingerprint density at radius 3 is 2.76 bits per heavy atom. The number of anilines is 1. The van der Waals surface area contributed by atoms with Gasteiger partial charge in [0.25, 0.3) is 0 Å². The largest absolute Gasteiger partial charge is 0.489 e. The van der Waals surface area contributed by atoms with Gasteiger partial charge in [0.15, 0.2) is 0 Å². The van der Waals surface area contributed by atoms with Crippen molar-refractivity contribution in [3.8, 4) is 5.75 Å². The summed E-state index contributed by atoms with van der Waals surface area (Å²) in [4.78, 5) is 4.24. The number of rotatable bonds is 4. The van der Waals surface area contributed by atoms with Crippen molar-refractivity contribution >= 4 is 5.82 Å². The predicted octanol–water partition coefficient (Wildman–Crippen LogP) is 3.01. The SMILES string of the molecule is CNc1ccc(COc2cccc(C)c2)cn1. The molecule has 1 N–H and O–H groups in total. The summed E-state index contributed by atoms with van der Waals surface area (Å²) in [6.45, 7) is 2.59. The van der Waals surface area contributed by atoms with Gasteiger partial charge in [-0.1, -0.05) is 18.2 Å². The van der Waals surface area contributed by atoms with Gasteiger partial charge in [-0.15, -0.1) is 0 Å². The van der Waals surface area contributed by atoms with E-state index in [0.717, 1.165) is 17.1 Å². The van der Waals surface area contributed by atoms with Gasteiger partial charge in [-0.2, -0.15) is 0 Å². The Hall–Kier alpha value is -2.03. The zero-order valence-corrected chi connectivity index (χ0v) is 10.1. The molecule has 0 aliphatic carbocycles. The smallest absolute Gasteiger partial charge is 0.125 e. The van der Waals surface area contributed by atoms with E-state index in [-0.39, 0.29) is 0 Å². The van der Waals surface area contributed by atoms with Crippen molar-refractivity contribution in [1.29, 1.82) is 0 Å². The number of benzene rings is 1. The molecule has 0 aliphatic heterocycles. The third-order valence-corrected chi connectivity index (χ3v) is 2.48. The second-order valence-electron chi connectivity index (χ2n) is 3.91. The first kappa shape index (κ1) is 11.5. The highest BCUT2D eigenvalue weighted by molar-refractivity contribution is 5.34. The fourth-order valence-corrected chi connectivity index (χ4v) is 1.53. The summed E-state index contributed by atoms with van der Waals surface area (Å²) in [6, 6.07) is 12.0. The molecule has 3 nitrogen and oxygen atoms in total. The molecule has 1 aromatic carbocycles. The number of nitrogens with zero attached hydrogens (tertiary/aromatic N) is 1. The van der Waals surface area contributed by atoms with E-state index >= 15 is 0 Å². The van der Waals surface area contributed by atoms with Gasteiger partial charge in [0, 0.05) is 18.8 Å². The van der Waals surface area contributed by atoms with Crippen LogP contribution < -0.4 is 10.1 Å². The molecular formula is C14H16N2O. The lowest BCUT2D eigenvalue weighted by Gasteiger charge is -2.07. The van der Waals surface area contributed by atoms with Crippen molar-refractivity contribution in [3.63, 3.8) is 0 Å². The number of aryl methyl sites for hydroxylation is 1. The molecule has 1 heterocycles. The molecular weight excluding hydrogens is 212 g/mol. The Morgan fingerprint density at radius 1 is 1.24 bits per heavy atom. The van der Waals surface area contributed by atoms with Crippen LogP contribution in [0.3, 0.4) is 0 Å². The first-order valence-electron chi connectivity index (χ1n) is 5.60. The van der Waals surface area contributed by atoms with Crippen LogP contribution in [0.15, 0.2) is 42.6 Å². The number of pyridine rings is 1. The van der Waals surface area contributed by atoms with Crippen LogP contribution in [0.5, 0.6) is 5.75 Å². The maximum absolute atomic E-state index is 5.69. The second kappa shape index (κ2) is 5.34. The molecule has 0 bridgehead atoms. The molecule has 0 unspecified atom stereocenters. The predicted molar refractivity (Wildman–Crippen MR) is 69.3 cm³/mol. The molecule has 2 rings (SSSR count). The standard InChI is InChI=1S/C14H16N2O/c1-11-4-3-5-13(8-11)17-10-12-6-7-14(15-2)16-9-12/h3-9H,10H2,1-2H3,(H,15,16). The summed E-state index contributed by atoms with van der Waals surface area (Å²) >= 11 is 0. The van der Waals surface area contributed by atoms with Gasteiger partial charge in [-0.05, 0) is 30.7 Å². The average molecular weight is 228 g/mol. The van der Waals surface area contributed by atoms with Crippen molar-refractivity contribution in [2.24, 2.45) is 0 Å². The minimum Gasteiger partial charge on any atom is -0.489 e. The van der Waals surface area contributed by atoms with Gasteiger partial charge < -0.3 is 10.1 Å². The van der Waals surface area contributed by atoms with E-state index in [4.69, 9.17) is 4.74 Å². The average Bonchev–Trinajstić information content (AvgIpc) is 2.37. The molecule has 0 atom stereocenters. The third kappa shape index (κ3) is 3.21. The molecule has 0 saturated carbocycles. The first-order chi connectivity index (χ1) is 8.28. The van der Waals surface area contributed by atoms with Crippen LogP contribution in [-0.4, -0.2) is 12.0 Å². The molecule has 0 aliphatic rings. The van der Waals surface area contributed by atoms with Gasteiger partial charge in [0.05, 0.1) is 0 Å². The lowest BCUT2D eigenvalue weighted by atomic mass is 10.2. The van der Waals surface area contributed by atoms with Crippen molar-refractivity contribution in [3.05, 3.63) is 53.7 Å². The van der Waals surface area contributed by atoms with E-state index in [1.54, 1.807) is 0 Å². The van der Waals surface area contributed by atoms with Crippen molar-refractivity contribution in [1.82, 2.24) is 4.98 Å². The van der Waals surface area contributed by atoms with Gasteiger partial charge in [-0.3, -0.25) is 0 Å². The van der Waals surface area contributed by atoms with E-state index in [9.17, 15) is 0 Å². The molecule has 17 heavy (non-hydrogen) atoms. The summed E-state index contributed by atoms with van der Waals surface area (Å²) < 4.78 is 5.69. The summed E-state index contributed by atoms with van der Waals surface area (Å²) in [5.74, 6) is 1.76. The van der Waals surface area contributed by atoms with Crippen LogP contribution >= 0.6 is 0 Å². The Balaban J connectivity index is 1.97. The van der Waals surface area contributed by atoms with Gasteiger partial charge in [0.1, 0.15) is 18.2 Å². The van der Waals surface area contributed by atoms with Crippen LogP contribution in [0.4, 0.5) is 5.82 Å². The minimum absolute atomic E-state index is 0.542. The molecule has 0 radical (unpaired) electrons. The van der Waals surface area contributed by atoms with E-state index < -0.39 is 0 Å². The second-order valence-corrected chi connectivity index (χ2v) is 3.91. The Kier molecular flexibility index (Phi) is 3.60. The zero-order valence-electron chi connectivity index (χ0n) is 10.1. The van der Waals surface area contributed by atoms with Gasteiger partial charge >= 0.3 is 0 Å². The van der Waals surface area contributed by atoms with Crippen LogP contribution in [-0.2, 0) is 6.61 Å². The molecule has 2 aromatic rings. The summed E-state index contributed by atoms with van der Waals surface area (Å²) in [6.07, 6.45) is 1.82. The van der Waals surface area contributed by atoms with E-state index in [1.165, 1.54) is 5.56 Å². The van der Waals surface area contributed by atoms with Crippen molar-refractivity contribution in [2.45, 2.75) is 13.5 Å². The zero-order chi connectivity index (χ0) is 12.1. The topological polar surface area (TPSA) is 34.1 Å². The summed E-state index contributed by atoms with van der Waals surface area (Å²) in [5, 5.41) is 2.98. The number of hydrogen-bond donors (Lipinski definition) is 1. The lowest BCUT2D eigenvalue weighted by molar-refractivity contribution is 0.305. The monoisotopic (exact) mass is 228 g/mol. The van der Waals surface area contributed by atoms with Crippen molar-refractivity contribution in [2.75, 3.05) is 12.4 Å². The summed E-state index contributed by atoms with van der Waals surface area (Å²) in [7, 11) is 1.85. The minimum atomic E-state index is 0.542. The third-order valence-electron chi connectivity index (χ3n) is 2.48. The molecule has 1 aromatic heterocycles. The number of hydrogen-bond acceptors (Lipinski definition) is 3. The van der Waals surface area contributed by atoms with Crippen LogP contribution in [0.25, 0.3) is 0 Å². The Morgan fingerprint density at radius 2 is 2.12 bits per heavy atom. The molecule has 0 saturated heterocycles. The van der Waals surface area contributed by atoms with Crippen molar-refractivity contribution < 1.29 is 4.74 Å². The molecule has 0 amide bonds. The highest BCUT2D eigenvalue weighted by Crippen LogP contribution is 2.14. The Labute approximate surface area is 101 Å². The van der Waals surface area contributed by atoms with Crippen LogP contribution in [0.1, 0.15) is 11.1 Å². The van der Waals surface area contributed by atoms with Gasteiger partial charge in [0.2, 0.25) is 0 Å². The number of ether oxygens (including phenoxy) is 1. The van der Waals surface area contributed by atoms with Gasteiger partial charge in [-0.25, -0.2) is 4.98 Å². The number of aromatic nitrogens is 1. The molecule has 0 spiro atoms. The Bertz CT molecular complexity index is 480. The van der Waals surface area contributed by atoms with E-state index in [2.05, 4.69) is 23.3 Å². The maximum Gasteiger partial charge on any atom is 0.125 e. The fourth-order valence-electron chi connectivity index (χ4n) is 1.53.